The Morgan fingerprint density at radius 2 is 2.05 bits per heavy atom. The summed E-state index contributed by atoms with van der Waals surface area (Å²) in [5.74, 6) is 0.418. The van der Waals surface area contributed by atoms with Crippen molar-refractivity contribution in [1.82, 2.24) is 25.1 Å². The number of aromatic nitrogens is 4. The number of aryl methyl sites for hydroxylation is 1. The number of hydrogen-bond acceptors (Lipinski definition) is 5. The number of benzene rings is 1. The summed E-state index contributed by atoms with van der Waals surface area (Å²) in [6.07, 6.45) is 0. The zero-order valence-electron chi connectivity index (χ0n) is 12.4. The van der Waals surface area contributed by atoms with Crippen LogP contribution in [0.15, 0.2) is 35.5 Å². The molecule has 1 amide bonds. The molecule has 1 heterocycles. The van der Waals surface area contributed by atoms with Gasteiger partial charge in [0.25, 0.3) is 0 Å². The minimum Gasteiger partial charge on any atom is -0.335 e. The number of thioether (sulfide) groups is 1. The quantitative estimate of drug-likeness (QED) is 0.761. The van der Waals surface area contributed by atoms with E-state index in [2.05, 4.69) is 15.5 Å². The monoisotopic (exact) mass is 305 g/mol. The normalized spacial score (nSPS) is 10.9. The minimum absolute atomic E-state index is 0.0850. The first-order valence-electron chi connectivity index (χ1n) is 6.76. The summed E-state index contributed by atoms with van der Waals surface area (Å²) in [7, 11) is 1.76. The van der Waals surface area contributed by atoms with E-state index in [1.54, 1.807) is 11.7 Å². The van der Waals surface area contributed by atoms with Gasteiger partial charge >= 0.3 is 0 Å². The number of amides is 1. The van der Waals surface area contributed by atoms with E-state index < -0.39 is 0 Å². The van der Waals surface area contributed by atoms with Crippen molar-refractivity contribution in [2.75, 3.05) is 5.75 Å². The number of rotatable bonds is 6. The second kappa shape index (κ2) is 7.21. The molecule has 1 aromatic carbocycles. The van der Waals surface area contributed by atoms with Crippen molar-refractivity contribution in [3.05, 3.63) is 35.9 Å². The highest BCUT2D eigenvalue weighted by Crippen LogP contribution is 2.16. The number of tetrazole rings is 1. The third-order valence-electron chi connectivity index (χ3n) is 3.05. The Morgan fingerprint density at radius 1 is 1.33 bits per heavy atom. The lowest BCUT2D eigenvalue weighted by Crippen LogP contribution is -2.37. The van der Waals surface area contributed by atoms with Gasteiger partial charge in [0.2, 0.25) is 11.1 Å². The zero-order valence-corrected chi connectivity index (χ0v) is 13.2. The lowest BCUT2D eigenvalue weighted by molar-refractivity contribution is -0.130. The Morgan fingerprint density at radius 3 is 2.62 bits per heavy atom. The molecule has 0 fully saturated rings. The summed E-state index contributed by atoms with van der Waals surface area (Å²) in [5.41, 5.74) is 1.13. The van der Waals surface area contributed by atoms with Gasteiger partial charge in [-0.15, -0.1) is 5.10 Å². The van der Waals surface area contributed by atoms with Gasteiger partial charge in [-0.1, -0.05) is 42.1 Å². The van der Waals surface area contributed by atoms with E-state index in [1.165, 1.54) is 11.8 Å². The maximum atomic E-state index is 12.4. The van der Waals surface area contributed by atoms with E-state index in [9.17, 15) is 4.79 Å². The van der Waals surface area contributed by atoms with Crippen LogP contribution in [-0.4, -0.2) is 42.8 Å². The lowest BCUT2D eigenvalue weighted by atomic mass is 10.2. The van der Waals surface area contributed by atoms with E-state index in [-0.39, 0.29) is 11.9 Å². The Labute approximate surface area is 128 Å². The van der Waals surface area contributed by atoms with Gasteiger partial charge in [-0.05, 0) is 29.8 Å². The van der Waals surface area contributed by atoms with Gasteiger partial charge in [0.15, 0.2) is 0 Å². The summed E-state index contributed by atoms with van der Waals surface area (Å²) < 4.78 is 1.56. The molecule has 1 aromatic heterocycles. The number of nitrogens with zero attached hydrogens (tertiary/aromatic N) is 5. The summed E-state index contributed by atoms with van der Waals surface area (Å²) in [6.45, 7) is 4.67. The van der Waals surface area contributed by atoms with Crippen molar-refractivity contribution in [2.24, 2.45) is 7.05 Å². The van der Waals surface area contributed by atoms with Gasteiger partial charge in [-0.2, -0.15) is 0 Å². The predicted molar refractivity (Wildman–Crippen MR) is 81.7 cm³/mol. The SMILES string of the molecule is CC(C)N(Cc1ccccc1)C(=O)CSc1nnnn1C. The first-order chi connectivity index (χ1) is 10.1. The molecule has 0 radical (unpaired) electrons. The molecule has 0 aliphatic heterocycles. The maximum absolute atomic E-state index is 12.4. The molecule has 6 nitrogen and oxygen atoms in total. The second-order valence-corrected chi connectivity index (χ2v) is 5.92. The van der Waals surface area contributed by atoms with Crippen LogP contribution in [0.2, 0.25) is 0 Å². The van der Waals surface area contributed by atoms with Crippen LogP contribution in [0.25, 0.3) is 0 Å². The van der Waals surface area contributed by atoms with Gasteiger partial charge in [-0.25, -0.2) is 4.68 Å². The average molecular weight is 305 g/mol. The van der Waals surface area contributed by atoms with Crippen LogP contribution in [0.5, 0.6) is 0 Å². The van der Waals surface area contributed by atoms with Gasteiger partial charge in [0.1, 0.15) is 0 Å². The van der Waals surface area contributed by atoms with Gasteiger partial charge in [0.05, 0.1) is 5.75 Å². The van der Waals surface area contributed by atoms with Gasteiger partial charge in [-0.3, -0.25) is 4.79 Å². The van der Waals surface area contributed by atoms with Crippen LogP contribution >= 0.6 is 11.8 Å². The molecule has 0 atom stereocenters. The van der Waals surface area contributed by atoms with Crippen LogP contribution in [0.4, 0.5) is 0 Å². The lowest BCUT2D eigenvalue weighted by Gasteiger charge is -2.26. The molecular formula is C14H19N5OS. The van der Waals surface area contributed by atoms with Crippen molar-refractivity contribution in [2.45, 2.75) is 31.6 Å². The average Bonchev–Trinajstić information content (AvgIpc) is 2.88. The first-order valence-corrected chi connectivity index (χ1v) is 7.75. The predicted octanol–water partition coefficient (Wildman–Crippen LogP) is 1.74. The molecular weight excluding hydrogens is 286 g/mol. The molecule has 0 aliphatic carbocycles. The van der Waals surface area contributed by atoms with Crippen LogP contribution in [0.1, 0.15) is 19.4 Å². The van der Waals surface area contributed by atoms with Crippen molar-refractivity contribution < 1.29 is 4.79 Å². The molecule has 2 aromatic rings. The van der Waals surface area contributed by atoms with Crippen molar-refractivity contribution in [1.29, 1.82) is 0 Å². The van der Waals surface area contributed by atoms with E-state index >= 15 is 0 Å². The number of carbonyl (C=O) groups is 1. The third-order valence-corrected chi connectivity index (χ3v) is 4.04. The molecule has 21 heavy (non-hydrogen) atoms. The van der Waals surface area contributed by atoms with Gasteiger partial charge in [0, 0.05) is 19.6 Å². The Kier molecular flexibility index (Phi) is 5.32. The van der Waals surface area contributed by atoms with Crippen LogP contribution in [-0.2, 0) is 18.4 Å². The highest BCUT2D eigenvalue weighted by atomic mass is 32.2. The molecule has 0 N–H and O–H groups in total. The number of hydrogen-bond donors (Lipinski definition) is 0. The molecule has 0 saturated heterocycles. The largest absolute Gasteiger partial charge is 0.335 e. The van der Waals surface area contributed by atoms with Crippen LogP contribution in [0.3, 0.4) is 0 Å². The summed E-state index contributed by atoms with van der Waals surface area (Å²) >= 11 is 1.35. The van der Waals surface area contributed by atoms with Crippen LogP contribution in [0, 0.1) is 0 Å². The molecule has 112 valence electrons. The zero-order chi connectivity index (χ0) is 15.2. The fourth-order valence-electron chi connectivity index (χ4n) is 1.89. The second-order valence-electron chi connectivity index (χ2n) is 4.97. The smallest absolute Gasteiger partial charge is 0.233 e. The highest BCUT2D eigenvalue weighted by molar-refractivity contribution is 7.99. The molecule has 0 saturated carbocycles. The van der Waals surface area contributed by atoms with Crippen molar-refractivity contribution >= 4 is 17.7 Å². The third kappa shape index (κ3) is 4.29. The summed E-state index contributed by atoms with van der Waals surface area (Å²) in [5, 5.41) is 11.8. The molecule has 2 rings (SSSR count). The number of carbonyl (C=O) groups excluding carboxylic acids is 1. The molecule has 0 aliphatic rings. The van der Waals surface area contributed by atoms with Crippen molar-refractivity contribution in [3.63, 3.8) is 0 Å². The van der Waals surface area contributed by atoms with Crippen LogP contribution < -0.4 is 0 Å². The van der Waals surface area contributed by atoms with Gasteiger partial charge < -0.3 is 4.90 Å². The topological polar surface area (TPSA) is 63.9 Å². The first kappa shape index (κ1) is 15.5. The van der Waals surface area contributed by atoms with E-state index in [4.69, 9.17) is 0 Å². The fourth-order valence-corrected chi connectivity index (χ4v) is 2.63. The Balaban J connectivity index is 1.97. The maximum Gasteiger partial charge on any atom is 0.233 e. The van der Waals surface area contributed by atoms with E-state index in [0.717, 1.165) is 5.56 Å². The fraction of sp³-hybridized carbons (Fsp3) is 0.429. The standard InChI is InChI=1S/C14H19N5OS/c1-11(2)19(9-12-7-5-4-6-8-12)13(20)10-21-14-15-16-17-18(14)3/h4-8,11H,9-10H2,1-3H3. The molecule has 0 bridgehead atoms. The molecule has 0 unspecified atom stereocenters. The van der Waals surface area contributed by atoms with E-state index in [0.29, 0.717) is 17.5 Å². The van der Waals surface area contributed by atoms with E-state index in [1.807, 2.05) is 49.1 Å². The summed E-state index contributed by atoms with van der Waals surface area (Å²) in [6, 6.07) is 10.2. The molecule has 0 spiro atoms. The van der Waals surface area contributed by atoms with Crippen molar-refractivity contribution in [3.8, 4) is 0 Å². The minimum atomic E-state index is 0.0850. The Hall–Kier alpha value is -1.89. The highest BCUT2D eigenvalue weighted by Gasteiger charge is 2.18. The Bertz CT molecular complexity index is 584. The molecule has 7 heteroatoms. The summed E-state index contributed by atoms with van der Waals surface area (Å²) in [4.78, 5) is 14.3.